The molecule has 1 saturated heterocycles. The molecule has 0 aliphatic carbocycles. The van der Waals surface area contributed by atoms with Crippen LogP contribution in [0, 0.1) is 5.92 Å². The molecule has 0 bridgehead atoms. The van der Waals surface area contributed by atoms with Crippen molar-refractivity contribution in [3.05, 3.63) is 35.7 Å². The molecule has 1 radical (unpaired) electrons. The van der Waals surface area contributed by atoms with E-state index in [1.807, 2.05) is 12.1 Å². The molecular formula is C12H15O2. The van der Waals surface area contributed by atoms with Gasteiger partial charge in [-0.05, 0) is 23.6 Å². The lowest BCUT2D eigenvalue weighted by Gasteiger charge is -2.07. The van der Waals surface area contributed by atoms with Crippen LogP contribution in [0.3, 0.4) is 0 Å². The number of rotatable bonds is 4. The van der Waals surface area contributed by atoms with Gasteiger partial charge in [-0.2, -0.15) is 0 Å². The normalized spacial score (nSPS) is 19.8. The van der Waals surface area contributed by atoms with E-state index in [-0.39, 0.29) is 0 Å². The fraction of sp³-hybridized carbons (Fsp3) is 0.417. The van der Waals surface area contributed by atoms with Crippen molar-refractivity contribution in [2.24, 2.45) is 0 Å². The topological polar surface area (TPSA) is 21.8 Å². The summed E-state index contributed by atoms with van der Waals surface area (Å²) in [7, 11) is 0. The highest BCUT2D eigenvalue weighted by Crippen LogP contribution is 2.19. The van der Waals surface area contributed by atoms with Crippen LogP contribution in [0.15, 0.2) is 24.3 Å². The van der Waals surface area contributed by atoms with Crippen LogP contribution in [0.1, 0.15) is 19.4 Å². The minimum Gasteiger partial charge on any atom is -0.491 e. The molecule has 1 aliphatic heterocycles. The van der Waals surface area contributed by atoms with Gasteiger partial charge in [0.15, 0.2) is 0 Å². The highest BCUT2D eigenvalue weighted by atomic mass is 16.6. The van der Waals surface area contributed by atoms with Crippen LogP contribution in [-0.2, 0) is 4.74 Å². The van der Waals surface area contributed by atoms with Crippen LogP contribution in [0.5, 0.6) is 5.75 Å². The second-order valence-corrected chi connectivity index (χ2v) is 3.79. The summed E-state index contributed by atoms with van der Waals surface area (Å²) < 4.78 is 10.6. The van der Waals surface area contributed by atoms with Crippen molar-refractivity contribution in [1.29, 1.82) is 0 Å². The largest absolute Gasteiger partial charge is 0.491 e. The quantitative estimate of drug-likeness (QED) is 0.682. The van der Waals surface area contributed by atoms with E-state index in [9.17, 15) is 0 Å². The number of ether oxygens (including phenoxy) is 2. The molecule has 1 fully saturated rings. The maximum Gasteiger partial charge on any atom is 0.119 e. The minimum absolute atomic E-state index is 0.328. The van der Waals surface area contributed by atoms with Gasteiger partial charge in [-0.25, -0.2) is 0 Å². The third-order valence-corrected chi connectivity index (χ3v) is 2.27. The Morgan fingerprint density at radius 3 is 2.50 bits per heavy atom. The minimum atomic E-state index is 0.328. The van der Waals surface area contributed by atoms with Crippen LogP contribution in [-0.4, -0.2) is 19.3 Å². The number of hydrogen-bond acceptors (Lipinski definition) is 2. The standard InChI is InChI=1S/C12H15O2/c1-9(2)10-3-5-11(6-4-10)13-7-12-8-14-12/h3-6,12H,7-8H2,1-2H3. The molecular weight excluding hydrogens is 176 g/mol. The van der Waals surface area contributed by atoms with Gasteiger partial charge < -0.3 is 9.47 Å². The summed E-state index contributed by atoms with van der Waals surface area (Å²) in [6, 6.07) is 8.17. The number of hydrogen-bond donors (Lipinski definition) is 0. The molecule has 0 amide bonds. The van der Waals surface area contributed by atoms with Crippen LogP contribution in [0.4, 0.5) is 0 Å². The van der Waals surface area contributed by atoms with E-state index < -0.39 is 0 Å². The zero-order valence-corrected chi connectivity index (χ0v) is 8.62. The van der Waals surface area contributed by atoms with Gasteiger partial charge in [0.25, 0.3) is 0 Å². The Kier molecular flexibility index (Phi) is 2.73. The summed E-state index contributed by atoms with van der Waals surface area (Å²) in [6.07, 6.45) is 0.328. The van der Waals surface area contributed by atoms with Crippen molar-refractivity contribution in [3.63, 3.8) is 0 Å². The van der Waals surface area contributed by atoms with Crippen LogP contribution in [0.25, 0.3) is 0 Å². The van der Waals surface area contributed by atoms with E-state index in [0.717, 1.165) is 12.4 Å². The lowest BCUT2D eigenvalue weighted by Crippen LogP contribution is -2.03. The Balaban J connectivity index is 1.91. The Labute approximate surface area is 84.8 Å². The summed E-state index contributed by atoms with van der Waals surface area (Å²) in [6.45, 7) is 5.73. The summed E-state index contributed by atoms with van der Waals surface area (Å²) >= 11 is 0. The second-order valence-electron chi connectivity index (χ2n) is 3.79. The van der Waals surface area contributed by atoms with Gasteiger partial charge in [-0.15, -0.1) is 0 Å². The molecule has 1 unspecified atom stereocenters. The van der Waals surface area contributed by atoms with Gasteiger partial charge in [-0.3, -0.25) is 0 Å². The third kappa shape index (κ3) is 2.48. The van der Waals surface area contributed by atoms with Gasteiger partial charge in [0, 0.05) is 0 Å². The summed E-state index contributed by atoms with van der Waals surface area (Å²) in [4.78, 5) is 0. The van der Waals surface area contributed by atoms with Crippen molar-refractivity contribution < 1.29 is 9.47 Å². The first-order chi connectivity index (χ1) is 6.75. The molecule has 0 saturated carbocycles. The summed E-state index contributed by atoms with van der Waals surface area (Å²) in [5.41, 5.74) is 1.26. The first kappa shape index (κ1) is 9.53. The van der Waals surface area contributed by atoms with Crippen molar-refractivity contribution >= 4 is 0 Å². The maximum absolute atomic E-state index is 5.53. The zero-order chi connectivity index (χ0) is 9.97. The number of benzene rings is 1. The number of epoxide rings is 1. The lowest BCUT2D eigenvalue weighted by atomic mass is 10.0. The monoisotopic (exact) mass is 191 g/mol. The van der Waals surface area contributed by atoms with E-state index in [1.165, 1.54) is 11.5 Å². The highest BCUT2D eigenvalue weighted by molar-refractivity contribution is 5.34. The average Bonchev–Trinajstić information content (AvgIpc) is 2.99. The molecule has 0 aromatic heterocycles. The second kappa shape index (κ2) is 4.01. The fourth-order valence-electron chi connectivity index (χ4n) is 1.24. The SMILES string of the molecule is C[C](C)c1ccc(OCC2CO2)cc1. The molecule has 0 spiro atoms. The van der Waals surface area contributed by atoms with E-state index in [0.29, 0.717) is 12.7 Å². The Hall–Kier alpha value is -1.02. The van der Waals surface area contributed by atoms with Gasteiger partial charge in [0.05, 0.1) is 6.61 Å². The highest BCUT2D eigenvalue weighted by Gasteiger charge is 2.22. The van der Waals surface area contributed by atoms with Crippen molar-refractivity contribution in [3.8, 4) is 5.75 Å². The average molecular weight is 191 g/mol. The maximum atomic E-state index is 5.53. The van der Waals surface area contributed by atoms with Crippen LogP contribution >= 0.6 is 0 Å². The molecule has 2 rings (SSSR count). The molecule has 1 aromatic rings. The Morgan fingerprint density at radius 1 is 1.36 bits per heavy atom. The molecule has 75 valence electrons. The fourth-order valence-corrected chi connectivity index (χ4v) is 1.24. The van der Waals surface area contributed by atoms with Crippen molar-refractivity contribution in [2.75, 3.05) is 13.2 Å². The molecule has 1 aliphatic rings. The smallest absolute Gasteiger partial charge is 0.119 e. The van der Waals surface area contributed by atoms with E-state index in [1.54, 1.807) is 0 Å². The molecule has 1 heterocycles. The summed E-state index contributed by atoms with van der Waals surface area (Å²) in [5, 5.41) is 0. The van der Waals surface area contributed by atoms with Gasteiger partial charge in [0.2, 0.25) is 0 Å². The van der Waals surface area contributed by atoms with E-state index in [2.05, 4.69) is 26.0 Å². The predicted molar refractivity (Wildman–Crippen MR) is 55.4 cm³/mol. The van der Waals surface area contributed by atoms with Crippen LogP contribution < -0.4 is 4.74 Å². The zero-order valence-electron chi connectivity index (χ0n) is 8.62. The summed E-state index contributed by atoms with van der Waals surface area (Å²) in [5.74, 6) is 2.24. The third-order valence-electron chi connectivity index (χ3n) is 2.27. The van der Waals surface area contributed by atoms with Crippen molar-refractivity contribution in [1.82, 2.24) is 0 Å². The van der Waals surface area contributed by atoms with Gasteiger partial charge in [0.1, 0.15) is 18.5 Å². The molecule has 2 nitrogen and oxygen atoms in total. The molecule has 0 N–H and O–H groups in total. The first-order valence-corrected chi connectivity index (χ1v) is 4.91. The van der Waals surface area contributed by atoms with Crippen LogP contribution in [0.2, 0.25) is 0 Å². The first-order valence-electron chi connectivity index (χ1n) is 4.91. The van der Waals surface area contributed by atoms with Gasteiger partial charge in [-0.1, -0.05) is 26.0 Å². The molecule has 14 heavy (non-hydrogen) atoms. The molecule has 1 aromatic carbocycles. The molecule has 2 heteroatoms. The Morgan fingerprint density at radius 2 is 2.00 bits per heavy atom. The lowest BCUT2D eigenvalue weighted by molar-refractivity contribution is 0.263. The van der Waals surface area contributed by atoms with Crippen molar-refractivity contribution in [2.45, 2.75) is 20.0 Å². The van der Waals surface area contributed by atoms with E-state index in [4.69, 9.17) is 9.47 Å². The molecule has 1 atom stereocenters. The van der Waals surface area contributed by atoms with Gasteiger partial charge >= 0.3 is 0 Å². The predicted octanol–water partition coefficient (Wildman–Crippen LogP) is 2.43. The van der Waals surface area contributed by atoms with E-state index >= 15 is 0 Å². The Bertz CT molecular complexity index is 286.